The summed E-state index contributed by atoms with van der Waals surface area (Å²) in [4.78, 5) is 19.1. The van der Waals surface area contributed by atoms with Gasteiger partial charge in [0.05, 0.1) is 5.56 Å². The van der Waals surface area contributed by atoms with Crippen LogP contribution in [0.2, 0.25) is 0 Å². The van der Waals surface area contributed by atoms with E-state index in [4.69, 9.17) is 4.74 Å². The Morgan fingerprint density at radius 1 is 1.11 bits per heavy atom. The first-order valence-electron chi connectivity index (χ1n) is 9.61. The fraction of sp³-hybridized carbons (Fsp3) is 0.429. The highest BCUT2D eigenvalue weighted by Gasteiger charge is 2.11. The van der Waals surface area contributed by atoms with Crippen molar-refractivity contribution in [1.29, 1.82) is 0 Å². The van der Waals surface area contributed by atoms with E-state index in [1.165, 1.54) is 24.9 Å². The predicted molar refractivity (Wildman–Crippen MR) is 110 cm³/mol. The lowest BCUT2D eigenvalue weighted by Gasteiger charge is -2.28. The van der Waals surface area contributed by atoms with E-state index in [1.54, 1.807) is 19.4 Å². The lowest BCUT2D eigenvalue weighted by Crippen LogP contribution is -2.29. The number of carbonyl (C=O) groups excluding carboxylic acids is 1. The van der Waals surface area contributed by atoms with Crippen molar-refractivity contribution in [2.45, 2.75) is 25.7 Å². The number of amides is 1. The Balaban J connectivity index is 1.52. The molecular formula is C21H28N4O2. The number of methoxy groups -OCH3 is 1. The molecule has 0 spiro atoms. The molecular weight excluding hydrogens is 340 g/mol. The van der Waals surface area contributed by atoms with Crippen molar-refractivity contribution in [2.24, 2.45) is 0 Å². The van der Waals surface area contributed by atoms with Gasteiger partial charge in [0.25, 0.3) is 5.91 Å². The zero-order valence-electron chi connectivity index (χ0n) is 15.9. The Hall–Kier alpha value is -2.60. The maximum Gasteiger partial charge on any atom is 0.257 e. The van der Waals surface area contributed by atoms with Crippen molar-refractivity contribution in [3.63, 3.8) is 0 Å². The lowest BCUT2D eigenvalue weighted by atomic mass is 10.1. The number of pyridine rings is 1. The minimum Gasteiger partial charge on any atom is -0.385 e. The first-order chi connectivity index (χ1) is 13.3. The van der Waals surface area contributed by atoms with Crippen molar-refractivity contribution in [3.8, 4) is 0 Å². The second-order valence-electron chi connectivity index (χ2n) is 6.75. The van der Waals surface area contributed by atoms with E-state index in [2.05, 4.69) is 32.7 Å². The van der Waals surface area contributed by atoms with E-state index in [1.807, 2.05) is 18.2 Å². The molecule has 1 aliphatic rings. The number of aromatic nitrogens is 1. The standard InChI is InChI=1S/C21H28N4O2/c1-27-15-5-12-22-20-11-6-17(16-23-20)21(26)24-18-7-9-19(10-8-18)25-13-3-2-4-14-25/h6-11,16H,2-5,12-15H2,1H3,(H,22,23)(H,24,26). The van der Waals surface area contributed by atoms with Crippen molar-refractivity contribution in [1.82, 2.24) is 4.98 Å². The van der Waals surface area contributed by atoms with Gasteiger partial charge in [0.1, 0.15) is 5.82 Å². The van der Waals surface area contributed by atoms with Gasteiger partial charge < -0.3 is 20.3 Å². The smallest absolute Gasteiger partial charge is 0.257 e. The molecule has 27 heavy (non-hydrogen) atoms. The second kappa shape index (κ2) is 9.92. The fourth-order valence-corrected chi connectivity index (χ4v) is 3.18. The molecule has 2 aromatic rings. The van der Waals surface area contributed by atoms with Gasteiger partial charge >= 0.3 is 0 Å². The molecule has 0 aliphatic carbocycles. The van der Waals surface area contributed by atoms with Crippen LogP contribution in [0.3, 0.4) is 0 Å². The largest absolute Gasteiger partial charge is 0.385 e. The highest BCUT2D eigenvalue weighted by molar-refractivity contribution is 6.04. The Morgan fingerprint density at radius 3 is 2.56 bits per heavy atom. The normalized spacial score (nSPS) is 14.0. The monoisotopic (exact) mass is 368 g/mol. The molecule has 1 fully saturated rings. The highest BCUT2D eigenvalue weighted by Crippen LogP contribution is 2.22. The first-order valence-corrected chi connectivity index (χ1v) is 9.61. The third-order valence-corrected chi connectivity index (χ3v) is 4.70. The Kier molecular flexibility index (Phi) is 7.04. The summed E-state index contributed by atoms with van der Waals surface area (Å²) in [6.45, 7) is 3.73. The van der Waals surface area contributed by atoms with Crippen molar-refractivity contribution in [2.75, 3.05) is 48.9 Å². The number of carbonyl (C=O) groups is 1. The molecule has 144 valence electrons. The molecule has 1 amide bonds. The maximum atomic E-state index is 12.4. The minimum absolute atomic E-state index is 0.154. The molecule has 0 radical (unpaired) electrons. The van der Waals surface area contributed by atoms with Gasteiger partial charge in [0.2, 0.25) is 0 Å². The van der Waals surface area contributed by atoms with Crippen LogP contribution in [-0.4, -0.2) is 44.2 Å². The molecule has 1 aliphatic heterocycles. The number of nitrogens with one attached hydrogen (secondary N) is 2. The van der Waals surface area contributed by atoms with E-state index in [0.717, 1.165) is 37.6 Å². The van der Waals surface area contributed by atoms with Gasteiger partial charge in [-0.15, -0.1) is 0 Å². The molecule has 0 unspecified atom stereocenters. The van der Waals surface area contributed by atoms with E-state index < -0.39 is 0 Å². The van der Waals surface area contributed by atoms with Gasteiger partial charge in [-0.25, -0.2) is 4.98 Å². The SMILES string of the molecule is COCCCNc1ccc(C(=O)Nc2ccc(N3CCCCC3)cc2)cn1. The molecule has 1 aromatic carbocycles. The molecule has 6 heteroatoms. The molecule has 1 aromatic heterocycles. The maximum absolute atomic E-state index is 12.4. The number of hydrogen-bond acceptors (Lipinski definition) is 5. The Morgan fingerprint density at radius 2 is 1.89 bits per heavy atom. The quantitative estimate of drug-likeness (QED) is 0.694. The van der Waals surface area contributed by atoms with Crippen LogP contribution in [-0.2, 0) is 4.74 Å². The van der Waals surface area contributed by atoms with Crippen LogP contribution < -0.4 is 15.5 Å². The lowest BCUT2D eigenvalue weighted by molar-refractivity contribution is 0.102. The summed E-state index contributed by atoms with van der Waals surface area (Å²) in [5.41, 5.74) is 2.55. The summed E-state index contributed by atoms with van der Waals surface area (Å²) >= 11 is 0. The van der Waals surface area contributed by atoms with Gasteiger partial charge in [-0.05, 0) is 62.1 Å². The number of piperidine rings is 1. The van der Waals surface area contributed by atoms with Crippen LogP contribution in [0, 0.1) is 0 Å². The molecule has 2 heterocycles. The molecule has 0 bridgehead atoms. The van der Waals surface area contributed by atoms with Crippen LogP contribution >= 0.6 is 0 Å². The van der Waals surface area contributed by atoms with E-state index >= 15 is 0 Å². The summed E-state index contributed by atoms with van der Waals surface area (Å²) in [6, 6.07) is 11.7. The zero-order valence-corrected chi connectivity index (χ0v) is 15.9. The van der Waals surface area contributed by atoms with Gasteiger partial charge in [-0.3, -0.25) is 4.79 Å². The van der Waals surface area contributed by atoms with E-state index in [0.29, 0.717) is 12.2 Å². The molecule has 0 atom stereocenters. The van der Waals surface area contributed by atoms with Crippen LogP contribution in [0.1, 0.15) is 36.0 Å². The van der Waals surface area contributed by atoms with Gasteiger partial charge in [-0.1, -0.05) is 0 Å². The van der Waals surface area contributed by atoms with E-state index in [9.17, 15) is 4.79 Å². The van der Waals surface area contributed by atoms with Crippen molar-refractivity contribution >= 4 is 23.1 Å². The summed E-state index contributed by atoms with van der Waals surface area (Å²) in [6.07, 6.45) is 6.33. The van der Waals surface area contributed by atoms with Crippen LogP contribution in [0.25, 0.3) is 0 Å². The number of anilines is 3. The van der Waals surface area contributed by atoms with Crippen LogP contribution in [0.15, 0.2) is 42.6 Å². The predicted octanol–water partition coefficient (Wildman–Crippen LogP) is 3.77. The number of hydrogen-bond donors (Lipinski definition) is 2. The number of rotatable bonds is 8. The third-order valence-electron chi connectivity index (χ3n) is 4.70. The van der Waals surface area contributed by atoms with Gasteiger partial charge in [-0.2, -0.15) is 0 Å². The van der Waals surface area contributed by atoms with Gasteiger partial charge in [0, 0.05) is 50.9 Å². The van der Waals surface area contributed by atoms with E-state index in [-0.39, 0.29) is 5.91 Å². The van der Waals surface area contributed by atoms with Crippen LogP contribution in [0.5, 0.6) is 0 Å². The topological polar surface area (TPSA) is 66.5 Å². The Labute approximate surface area is 160 Å². The summed E-state index contributed by atoms with van der Waals surface area (Å²) in [7, 11) is 1.69. The zero-order chi connectivity index (χ0) is 18.9. The van der Waals surface area contributed by atoms with Crippen molar-refractivity contribution in [3.05, 3.63) is 48.2 Å². The van der Waals surface area contributed by atoms with Crippen LogP contribution in [0.4, 0.5) is 17.2 Å². The number of benzene rings is 1. The average molecular weight is 368 g/mol. The molecule has 3 rings (SSSR count). The average Bonchev–Trinajstić information content (AvgIpc) is 2.73. The number of ether oxygens (including phenoxy) is 1. The molecule has 6 nitrogen and oxygen atoms in total. The second-order valence-corrected chi connectivity index (χ2v) is 6.75. The summed E-state index contributed by atoms with van der Waals surface area (Å²) in [5, 5.41) is 6.14. The summed E-state index contributed by atoms with van der Waals surface area (Å²) in [5.74, 6) is 0.604. The molecule has 0 saturated carbocycles. The fourth-order valence-electron chi connectivity index (χ4n) is 3.18. The van der Waals surface area contributed by atoms with Crippen molar-refractivity contribution < 1.29 is 9.53 Å². The minimum atomic E-state index is -0.154. The Bertz CT molecular complexity index is 710. The molecule has 1 saturated heterocycles. The first kappa shape index (κ1) is 19.2. The number of nitrogens with zero attached hydrogens (tertiary/aromatic N) is 2. The third kappa shape index (κ3) is 5.69. The van der Waals surface area contributed by atoms with Gasteiger partial charge in [0.15, 0.2) is 0 Å². The summed E-state index contributed by atoms with van der Waals surface area (Å²) < 4.78 is 5.01. The highest BCUT2D eigenvalue weighted by atomic mass is 16.5. The molecule has 2 N–H and O–H groups in total.